The zero-order valence-corrected chi connectivity index (χ0v) is 15.7. The summed E-state index contributed by atoms with van der Waals surface area (Å²) in [4.78, 5) is 35.5. The van der Waals surface area contributed by atoms with Crippen molar-refractivity contribution in [1.29, 1.82) is 0 Å². The molecule has 0 aliphatic heterocycles. The van der Waals surface area contributed by atoms with Gasteiger partial charge >= 0.3 is 5.97 Å². The number of nitrogens with one attached hydrogen (secondary N) is 2. The van der Waals surface area contributed by atoms with Crippen LogP contribution >= 0.6 is 0 Å². The van der Waals surface area contributed by atoms with Gasteiger partial charge in [0.1, 0.15) is 18.2 Å². The van der Waals surface area contributed by atoms with E-state index in [1.54, 1.807) is 54.6 Å². The largest absolute Gasteiger partial charge is 0.480 e. The SMILES string of the molecule is O=C(NCC(NC(=O)C(O)Cc1ccccc1)C(=O)O)C(O)Cc1ccccc1. The minimum Gasteiger partial charge on any atom is -0.480 e. The summed E-state index contributed by atoms with van der Waals surface area (Å²) in [5.41, 5.74) is 1.47. The second-order valence-electron chi connectivity index (χ2n) is 6.56. The maximum atomic E-state index is 12.1. The Labute approximate surface area is 168 Å². The summed E-state index contributed by atoms with van der Waals surface area (Å²) in [6.07, 6.45) is -2.68. The first-order valence-electron chi connectivity index (χ1n) is 9.11. The Morgan fingerprint density at radius 2 is 1.21 bits per heavy atom. The van der Waals surface area contributed by atoms with Crippen LogP contribution in [0.1, 0.15) is 11.1 Å². The van der Waals surface area contributed by atoms with Crippen LogP contribution in [-0.4, -0.2) is 57.9 Å². The van der Waals surface area contributed by atoms with Gasteiger partial charge in [0, 0.05) is 19.4 Å². The fourth-order valence-electron chi connectivity index (χ4n) is 2.65. The quantitative estimate of drug-likeness (QED) is 0.377. The standard InChI is InChI=1S/C21H24N2O6/c24-17(11-14-7-3-1-4-8-14)19(26)22-13-16(21(28)29)23-20(27)18(25)12-15-9-5-2-6-10-15/h1-10,16-18,24-25H,11-13H2,(H,22,26)(H,23,27)(H,28,29). The van der Waals surface area contributed by atoms with Crippen molar-refractivity contribution in [2.45, 2.75) is 31.1 Å². The van der Waals surface area contributed by atoms with E-state index in [0.717, 1.165) is 11.1 Å². The normalized spacial score (nSPS) is 13.7. The van der Waals surface area contributed by atoms with Crippen LogP contribution in [0.5, 0.6) is 0 Å². The lowest BCUT2D eigenvalue weighted by Gasteiger charge is -2.19. The molecule has 0 bridgehead atoms. The summed E-state index contributed by atoms with van der Waals surface area (Å²) >= 11 is 0. The molecular formula is C21H24N2O6. The summed E-state index contributed by atoms with van der Waals surface area (Å²) in [6.45, 7) is -0.427. The van der Waals surface area contributed by atoms with E-state index in [9.17, 15) is 29.7 Å². The lowest BCUT2D eigenvalue weighted by atomic mass is 10.1. The molecule has 8 nitrogen and oxygen atoms in total. The highest BCUT2D eigenvalue weighted by molar-refractivity contribution is 5.87. The molecule has 3 unspecified atom stereocenters. The van der Waals surface area contributed by atoms with E-state index in [2.05, 4.69) is 10.6 Å². The van der Waals surface area contributed by atoms with Gasteiger partial charge in [-0.1, -0.05) is 60.7 Å². The first-order chi connectivity index (χ1) is 13.9. The molecule has 0 saturated carbocycles. The third-order valence-electron chi connectivity index (χ3n) is 4.24. The van der Waals surface area contributed by atoms with Gasteiger partial charge in [0.25, 0.3) is 0 Å². The second kappa shape index (κ2) is 10.9. The molecule has 0 aliphatic rings. The Hall–Kier alpha value is -3.23. The highest BCUT2D eigenvalue weighted by Gasteiger charge is 2.25. The zero-order chi connectivity index (χ0) is 21.2. The van der Waals surface area contributed by atoms with E-state index in [0.29, 0.717) is 0 Å². The van der Waals surface area contributed by atoms with Crippen molar-refractivity contribution in [2.75, 3.05) is 6.54 Å². The van der Waals surface area contributed by atoms with Crippen molar-refractivity contribution in [3.63, 3.8) is 0 Å². The minimum atomic E-state index is -1.44. The van der Waals surface area contributed by atoms with Crippen molar-refractivity contribution >= 4 is 17.8 Å². The van der Waals surface area contributed by atoms with Crippen LogP contribution in [-0.2, 0) is 27.2 Å². The number of aliphatic hydroxyl groups is 2. The first-order valence-corrected chi connectivity index (χ1v) is 9.11. The Morgan fingerprint density at radius 3 is 1.66 bits per heavy atom. The Kier molecular flexibility index (Phi) is 8.32. The van der Waals surface area contributed by atoms with Crippen LogP contribution in [0.4, 0.5) is 0 Å². The van der Waals surface area contributed by atoms with Crippen LogP contribution in [0.2, 0.25) is 0 Å². The maximum Gasteiger partial charge on any atom is 0.328 e. The average Bonchev–Trinajstić information content (AvgIpc) is 2.71. The predicted octanol–water partition coefficient (Wildman–Crippen LogP) is -0.121. The topological polar surface area (TPSA) is 136 Å². The van der Waals surface area contributed by atoms with Gasteiger partial charge in [-0.3, -0.25) is 9.59 Å². The van der Waals surface area contributed by atoms with Crippen molar-refractivity contribution < 1.29 is 29.7 Å². The Morgan fingerprint density at radius 1 is 0.759 bits per heavy atom. The fourth-order valence-corrected chi connectivity index (χ4v) is 2.65. The Balaban J connectivity index is 1.84. The van der Waals surface area contributed by atoms with E-state index in [-0.39, 0.29) is 12.8 Å². The van der Waals surface area contributed by atoms with E-state index >= 15 is 0 Å². The van der Waals surface area contributed by atoms with Crippen molar-refractivity contribution in [2.24, 2.45) is 0 Å². The van der Waals surface area contributed by atoms with E-state index in [1.807, 2.05) is 6.07 Å². The number of carbonyl (C=O) groups is 3. The molecule has 0 saturated heterocycles. The molecule has 154 valence electrons. The van der Waals surface area contributed by atoms with Crippen molar-refractivity contribution in [1.82, 2.24) is 10.6 Å². The molecule has 5 N–H and O–H groups in total. The van der Waals surface area contributed by atoms with Gasteiger partial charge in [0.2, 0.25) is 11.8 Å². The fraction of sp³-hybridized carbons (Fsp3) is 0.286. The molecule has 0 radical (unpaired) electrons. The number of aliphatic carboxylic acids is 1. The molecule has 0 aliphatic carbocycles. The van der Waals surface area contributed by atoms with E-state index < -0.39 is 42.6 Å². The lowest BCUT2D eigenvalue weighted by molar-refractivity contribution is -0.143. The summed E-state index contributed by atoms with van der Waals surface area (Å²) in [7, 11) is 0. The van der Waals surface area contributed by atoms with Crippen LogP contribution in [0, 0.1) is 0 Å². The monoisotopic (exact) mass is 400 g/mol. The summed E-state index contributed by atoms with van der Waals surface area (Å²) in [6, 6.07) is 16.2. The molecule has 2 aromatic carbocycles. The van der Waals surface area contributed by atoms with Crippen LogP contribution < -0.4 is 10.6 Å². The molecule has 0 aromatic heterocycles. The van der Waals surface area contributed by atoms with Crippen LogP contribution in [0.15, 0.2) is 60.7 Å². The van der Waals surface area contributed by atoms with Gasteiger partial charge in [0.15, 0.2) is 0 Å². The number of amides is 2. The summed E-state index contributed by atoms with van der Waals surface area (Å²) in [5, 5.41) is 33.7. The number of hydrogen-bond donors (Lipinski definition) is 5. The molecule has 0 heterocycles. The number of carbonyl (C=O) groups excluding carboxylic acids is 2. The molecule has 8 heteroatoms. The number of hydrogen-bond acceptors (Lipinski definition) is 5. The highest BCUT2D eigenvalue weighted by Crippen LogP contribution is 2.04. The highest BCUT2D eigenvalue weighted by atomic mass is 16.4. The third-order valence-corrected chi connectivity index (χ3v) is 4.24. The predicted molar refractivity (Wildman–Crippen MR) is 105 cm³/mol. The molecule has 3 atom stereocenters. The number of carboxylic acid groups (broad SMARTS) is 1. The van der Waals surface area contributed by atoms with Crippen LogP contribution in [0.25, 0.3) is 0 Å². The van der Waals surface area contributed by atoms with Gasteiger partial charge in [-0.2, -0.15) is 0 Å². The summed E-state index contributed by atoms with van der Waals surface area (Å²) in [5.74, 6) is -2.98. The number of carboxylic acids is 1. The minimum absolute atomic E-state index is 0.0289. The second-order valence-corrected chi connectivity index (χ2v) is 6.56. The number of benzene rings is 2. The summed E-state index contributed by atoms with van der Waals surface area (Å²) < 4.78 is 0. The number of aliphatic hydroxyl groups excluding tert-OH is 2. The molecule has 2 amide bonds. The van der Waals surface area contributed by atoms with E-state index in [4.69, 9.17) is 0 Å². The zero-order valence-electron chi connectivity index (χ0n) is 15.7. The van der Waals surface area contributed by atoms with Gasteiger partial charge in [-0.25, -0.2) is 4.79 Å². The molecule has 0 fully saturated rings. The maximum absolute atomic E-state index is 12.1. The van der Waals surface area contributed by atoms with Crippen molar-refractivity contribution in [3.8, 4) is 0 Å². The first kappa shape index (κ1) is 22.1. The average molecular weight is 400 g/mol. The molecule has 29 heavy (non-hydrogen) atoms. The van der Waals surface area contributed by atoms with Crippen LogP contribution in [0.3, 0.4) is 0 Å². The smallest absolute Gasteiger partial charge is 0.328 e. The van der Waals surface area contributed by atoms with E-state index in [1.165, 1.54) is 0 Å². The van der Waals surface area contributed by atoms with Crippen molar-refractivity contribution in [3.05, 3.63) is 71.8 Å². The van der Waals surface area contributed by atoms with Gasteiger partial charge in [-0.05, 0) is 11.1 Å². The van der Waals surface area contributed by atoms with Gasteiger partial charge < -0.3 is 26.0 Å². The molecule has 2 aromatic rings. The molecule has 0 spiro atoms. The number of rotatable bonds is 10. The third kappa shape index (κ3) is 7.36. The lowest BCUT2D eigenvalue weighted by Crippen LogP contribution is -2.52. The molecular weight excluding hydrogens is 376 g/mol. The van der Waals surface area contributed by atoms with Gasteiger partial charge in [0.05, 0.1) is 0 Å². The Bertz CT molecular complexity index is 812. The van der Waals surface area contributed by atoms with Gasteiger partial charge in [-0.15, -0.1) is 0 Å². The molecule has 2 rings (SSSR count).